The quantitative estimate of drug-likeness (QED) is 0.547. The number of methoxy groups -OCH3 is 1. The number of benzene rings is 2. The Morgan fingerprint density at radius 1 is 1.19 bits per heavy atom. The Hall–Kier alpha value is -3.85. The third-order valence-corrected chi connectivity index (χ3v) is 4.82. The summed E-state index contributed by atoms with van der Waals surface area (Å²) in [6, 6.07) is 11.8. The second kappa shape index (κ2) is 9.97. The molecule has 0 saturated heterocycles. The summed E-state index contributed by atoms with van der Waals surface area (Å²) in [4.78, 5) is 42.3. The van der Waals surface area contributed by atoms with Crippen LogP contribution in [-0.4, -0.2) is 40.3 Å². The number of aryl methyl sites for hydroxylation is 1. The highest BCUT2D eigenvalue weighted by atomic mass is 19.1. The molecular formula is C23H22FN3O5. The first kappa shape index (κ1) is 22.8. The van der Waals surface area contributed by atoms with Gasteiger partial charge in [0.25, 0.3) is 5.56 Å². The monoisotopic (exact) mass is 439 g/mol. The van der Waals surface area contributed by atoms with Crippen molar-refractivity contribution in [3.8, 4) is 11.4 Å². The number of carbonyl (C=O) groups excluding carboxylic acids is 2. The van der Waals surface area contributed by atoms with Crippen molar-refractivity contribution < 1.29 is 23.8 Å². The number of aliphatic hydroxyl groups excluding tert-OH is 1. The van der Waals surface area contributed by atoms with E-state index in [1.54, 1.807) is 25.1 Å². The Morgan fingerprint density at radius 3 is 2.62 bits per heavy atom. The number of nitrogens with one attached hydrogen (secondary N) is 1. The molecule has 1 heterocycles. The number of halogens is 1. The van der Waals surface area contributed by atoms with E-state index in [-0.39, 0.29) is 35.7 Å². The van der Waals surface area contributed by atoms with Crippen LogP contribution in [0.3, 0.4) is 0 Å². The van der Waals surface area contributed by atoms with Crippen molar-refractivity contribution in [3.05, 3.63) is 81.5 Å². The molecule has 0 spiro atoms. The minimum Gasteiger partial charge on any atom is -0.465 e. The van der Waals surface area contributed by atoms with E-state index in [4.69, 9.17) is 4.74 Å². The number of hydrogen-bond donors (Lipinski definition) is 2. The van der Waals surface area contributed by atoms with Crippen molar-refractivity contribution in [2.75, 3.05) is 19.0 Å². The lowest BCUT2D eigenvalue weighted by molar-refractivity contribution is -0.116. The van der Waals surface area contributed by atoms with Crippen molar-refractivity contribution in [3.63, 3.8) is 0 Å². The van der Waals surface area contributed by atoms with Crippen LogP contribution in [0.25, 0.3) is 11.4 Å². The van der Waals surface area contributed by atoms with E-state index in [0.717, 1.165) is 4.57 Å². The van der Waals surface area contributed by atoms with E-state index >= 15 is 0 Å². The van der Waals surface area contributed by atoms with Gasteiger partial charge in [-0.3, -0.25) is 14.2 Å². The lowest BCUT2D eigenvalue weighted by Gasteiger charge is -2.16. The molecule has 9 heteroatoms. The molecule has 0 aliphatic heterocycles. The van der Waals surface area contributed by atoms with Gasteiger partial charge in [0, 0.05) is 29.8 Å². The van der Waals surface area contributed by atoms with Crippen LogP contribution in [0.5, 0.6) is 0 Å². The molecule has 0 atom stereocenters. The van der Waals surface area contributed by atoms with Gasteiger partial charge in [-0.25, -0.2) is 14.2 Å². The van der Waals surface area contributed by atoms with E-state index in [2.05, 4.69) is 10.3 Å². The third kappa shape index (κ3) is 4.89. The van der Waals surface area contributed by atoms with E-state index in [9.17, 15) is 23.9 Å². The maximum Gasteiger partial charge on any atom is 0.339 e. The van der Waals surface area contributed by atoms with Gasteiger partial charge in [-0.1, -0.05) is 24.3 Å². The van der Waals surface area contributed by atoms with Crippen molar-refractivity contribution in [1.29, 1.82) is 0 Å². The number of hydrogen-bond acceptors (Lipinski definition) is 6. The summed E-state index contributed by atoms with van der Waals surface area (Å²) in [7, 11) is 1.23. The Bertz CT molecular complexity index is 1220. The largest absolute Gasteiger partial charge is 0.465 e. The minimum absolute atomic E-state index is 0.0634. The van der Waals surface area contributed by atoms with Crippen LogP contribution in [0.15, 0.2) is 53.3 Å². The van der Waals surface area contributed by atoms with Crippen molar-refractivity contribution in [2.45, 2.75) is 19.9 Å². The lowest BCUT2D eigenvalue weighted by atomic mass is 10.1. The summed E-state index contributed by atoms with van der Waals surface area (Å²) in [5.41, 5.74) is 0.835. The summed E-state index contributed by atoms with van der Waals surface area (Å²) in [6.45, 7) is 0.911. The highest BCUT2D eigenvalue weighted by Crippen LogP contribution is 2.20. The van der Waals surface area contributed by atoms with Gasteiger partial charge in [0.15, 0.2) is 0 Å². The molecule has 0 aliphatic rings. The fraction of sp³-hybridized carbons (Fsp3) is 0.217. The maximum atomic E-state index is 13.8. The van der Waals surface area contributed by atoms with Gasteiger partial charge in [0.05, 0.1) is 18.4 Å². The van der Waals surface area contributed by atoms with E-state index in [1.807, 2.05) is 0 Å². The van der Waals surface area contributed by atoms with E-state index in [0.29, 0.717) is 11.3 Å². The molecule has 0 saturated carbocycles. The molecule has 0 bridgehead atoms. The zero-order chi connectivity index (χ0) is 23.3. The van der Waals surface area contributed by atoms with Crippen molar-refractivity contribution >= 4 is 17.6 Å². The second-order valence-corrected chi connectivity index (χ2v) is 6.96. The number of esters is 1. The van der Waals surface area contributed by atoms with Crippen molar-refractivity contribution in [2.24, 2.45) is 0 Å². The molecule has 32 heavy (non-hydrogen) atoms. The average molecular weight is 439 g/mol. The lowest BCUT2D eigenvalue weighted by Crippen LogP contribution is -2.33. The number of aromatic nitrogens is 2. The van der Waals surface area contributed by atoms with Gasteiger partial charge in [-0.05, 0) is 31.2 Å². The van der Waals surface area contributed by atoms with Crippen LogP contribution in [0.2, 0.25) is 0 Å². The molecule has 1 aromatic heterocycles. The minimum atomic E-state index is -0.624. The molecule has 3 rings (SSSR count). The summed E-state index contributed by atoms with van der Waals surface area (Å²) in [5.74, 6) is -1.62. The molecule has 3 aromatic rings. The summed E-state index contributed by atoms with van der Waals surface area (Å²) in [5, 5.41) is 11.9. The number of carbonyl (C=O) groups is 2. The predicted molar refractivity (Wildman–Crippen MR) is 116 cm³/mol. The van der Waals surface area contributed by atoms with Gasteiger partial charge >= 0.3 is 5.97 Å². The highest BCUT2D eigenvalue weighted by molar-refractivity contribution is 6.01. The SMILES string of the molecule is COC(=O)c1ccccc1NC(=O)Cn1c(-c2cccc(F)c2)nc(C)c(CCO)c1=O. The first-order valence-electron chi connectivity index (χ1n) is 9.80. The number of anilines is 1. The Morgan fingerprint density at radius 2 is 1.94 bits per heavy atom. The van der Waals surface area contributed by atoms with Crippen LogP contribution >= 0.6 is 0 Å². The summed E-state index contributed by atoms with van der Waals surface area (Å²) in [6.07, 6.45) is 0.0634. The summed E-state index contributed by atoms with van der Waals surface area (Å²) < 4.78 is 19.7. The number of para-hydroxylation sites is 1. The van der Waals surface area contributed by atoms with Crippen LogP contribution in [0.1, 0.15) is 21.6 Å². The van der Waals surface area contributed by atoms with Crippen LogP contribution < -0.4 is 10.9 Å². The number of amides is 1. The van der Waals surface area contributed by atoms with Crippen LogP contribution in [-0.2, 0) is 22.5 Å². The molecule has 2 N–H and O–H groups in total. The molecule has 166 valence electrons. The number of aliphatic hydroxyl groups is 1. The zero-order valence-corrected chi connectivity index (χ0v) is 17.6. The summed E-state index contributed by atoms with van der Waals surface area (Å²) >= 11 is 0. The molecule has 8 nitrogen and oxygen atoms in total. The number of nitrogens with zero attached hydrogens (tertiary/aromatic N) is 2. The molecule has 1 amide bonds. The first-order chi connectivity index (χ1) is 15.3. The van der Waals surface area contributed by atoms with E-state index < -0.39 is 29.8 Å². The zero-order valence-electron chi connectivity index (χ0n) is 17.6. The van der Waals surface area contributed by atoms with Gasteiger partial charge in [0.1, 0.15) is 18.2 Å². The Labute approximate surface area is 183 Å². The maximum absolute atomic E-state index is 13.8. The molecule has 0 aliphatic carbocycles. The third-order valence-electron chi connectivity index (χ3n) is 4.82. The van der Waals surface area contributed by atoms with Gasteiger partial charge in [0.2, 0.25) is 5.91 Å². The fourth-order valence-electron chi connectivity index (χ4n) is 3.31. The normalized spacial score (nSPS) is 10.6. The van der Waals surface area contributed by atoms with Gasteiger partial charge in [-0.15, -0.1) is 0 Å². The molecule has 0 unspecified atom stereocenters. The van der Waals surface area contributed by atoms with Crippen LogP contribution in [0, 0.1) is 12.7 Å². The molecular weight excluding hydrogens is 417 g/mol. The number of rotatable bonds is 7. The van der Waals surface area contributed by atoms with Gasteiger partial charge < -0.3 is 15.2 Å². The predicted octanol–water partition coefficient (Wildman–Crippen LogP) is 2.32. The van der Waals surface area contributed by atoms with Crippen LogP contribution in [0.4, 0.5) is 10.1 Å². The smallest absolute Gasteiger partial charge is 0.339 e. The highest BCUT2D eigenvalue weighted by Gasteiger charge is 2.19. The molecule has 2 aromatic carbocycles. The number of ether oxygens (including phenoxy) is 1. The Kier molecular flexibility index (Phi) is 7.11. The average Bonchev–Trinajstić information content (AvgIpc) is 2.78. The second-order valence-electron chi connectivity index (χ2n) is 6.96. The molecule has 0 fully saturated rings. The standard InChI is InChI=1S/C23H22FN3O5/c1-14-17(10-11-28)22(30)27(21(25-14)15-6-5-7-16(24)12-15)13-20(29)26-19-9-4-3-8-18(19)23(31)32-2/h3-9,12,28H,10-11,13H2,1-2H3,(H,26,29). The van der Waals surface area contributed by atoms with E-state index in [1.165, 1.54) is 37.4 Å². The van der Waals surface area contributed by atoms with Crippen molar-refractivity contribution in [1.82, 2.24) is 9.55 Å². The Balaban J connectivity index is 2.03. The topological polar surface area (TPSA) is 111 Å². The molecule has 0 radical (unpaired) electrons. The van der Waals surface area contributed by atoms with Gasteiger partial charge in [-0.2, -0.15) is 0 Å². The fourth-order valence-corrected chi connectivity index (χ4v) is 3.31. The first-order valence-corrected chi connectivity index (χ1v) is 9.80.